The van der Waals surface area contributed by atoms with Crippen LogP contribution in [0.2, 0.25) is 0 Å². The number of sulfone groups is 1. The normalized spacial score (nSPS) is 22.9. The zero-order valence-electron chi connectivity index (χ0n) is 15.4. The molecule has 7 nitrogen and oxygen atoms in total. The lowest BCUT2D eigenvalue weighted by Gasteiger charge is -2.37. The summed E-state index contributed by atoms with van der Waals surface area (Å²) in [6, 6.07) is 9.56. The van der Waals surface area contributed by atoms with E-state index in [-0.39, 0.29) is 17.7 Å². The molecule has 1 atom stereocenters. The van der Waals surface area contributed by atoms with Crippen LogP contribution < -0.4 is 0 Å². The number of aromatic nitrogens is 2. The largest absolute Gasteiger partial charge is 0.336 e. The molecule has 0 spiro atoms. The van der Waals surface area contributed by atoms with Crippen molar-refractivity contribution in [2.24, 2.45) is 0 Å². The van der Waals surface area contributed by atoms with Crippen molar-refractivity contribution in [2.75, 3.05) is 37.7 Å². The van der Waals surface area contributed by atoms with Crippen LogP contribution in [0, 0.1) is 6.92 Å². The third-order valence-corrected chi connectivity index (χ3v) is 7.27. The Labute approximate surface area is 159 Å². The molecule has 144 valence electrons. The van der Waals surface area contributed by atoms with Crippen molar-refractivity contribution in [2.45, 2.75) is 19.4 Å². The topological polar surface area (TPSA) is 75.5 Å². The molecule has 0 radical (unpaired) electrons. The van der Waals surface area contributed by atoms with E-state index in [0.29, 0.717) is 30.8 Å². The van der Waals surface area contributed by atoms with Crippen LogP contribution in [-0.2, 0) is 9.84 Å². The molecule has 2 saturated heterocycles. The van der Waals surface area contributed by atoms with Crippen LogP contribution in [0.3, 0.4) is 0 Å². The zero-order chi connectivity index (χ0) is 19.0. The summed E-state index contributed by atoms with van der Waals surface area (Å²) in [5.74, 6) is 0.575. The maximum absolute atomic E-state index is 12.8. The fourth-order valence-corrected chi connectivity index (χ4v) is 5.68. The fraction of sp³-hybridized carbons (Fsp3) is 0.474. The molecule has 2 aromatic rings. The zero-order valence-corrected chi connectivity index (χ0v) is 16.2. The van der Waals surface area contributed by atoms with E-state index in [2.05, 4.69) is 10.00 Å². The van der Waals surface area contributed by atoms with Crippen LogP contribution in [0.15, 0.2) is 36.5 Å². The molecule has 0 bridgehead atoms. The predicted molar refractivity (Wildman–Crippen MR) is 103 cm³/mol. The van der Waals surface area contributed by atoms with Gasteiger partial charge in [-0.05, 0) is 43.7 Å². The molecule has 0 unspecified atom stereocenters. The molecule has 1 aromatic carbocycles. The van der Waals surface area contributed by atoms with Crippen LogP contribution in [0.5, 0.6) is 0 Å². The highest BCUT2D eigenvalue weighted by atomic mass is 32.2. The first-order valence-electron chi connectivity index (χ1n) is 9.28. The Hall–Kier alpha value is -2.19. The van der Waals surface area contributed by atoms with Gasteiger partial charge in [-0.3, -0.25) is 9.69 Å². The Morgan fingerprint density at radius 1 is 1.07 bits per heavy atom. The molecule has 3 heterocycles. The second kappa shape index (κ2) is 7.09. The molecule has 1 aromatic heterocycles. The number of piperazine rings is 1. The van der Waals surface area contributed by atoms with Crippen molar-refractivity contribution in [3.8, 4) is 5.69 Å². The summed E-state index contributed by atoms with van der Waals surface area (Å²) in [6.45, 7) is 4.72. The molecule has 27 heavy (non-hydrogen) atoms. The van der Waals surface area contributed by atoms with Gasteiger partial charge >= 0.3 is 0 Å². The van der Waals surface area contributed by atoms with Crippen LogP contribution in [0.4, 0.5) is 0 Å². The highest BCUT2D eigenvalue weighted by Crippen LogP contribution is 2.20. The maximum atomic E-state index is 12.8. The van der Waals surface area contributed by atoms with Crippen molar-refractivity contribution in [3.05, 3.63) is 47.8 Å². The van der Waals surface area contributed by atoms with Gasteiger partial charge in [0.1, 0.15) is 0 Å². The SMILES string of the molecule is Cc1ccnn1-c1ccc(C(=O)N2CCN([C@H]3CCS(=O)(=O)C3)CC2)cc1. The average molecular weight is 388 g/mol. The number of hydrogen-bond acceptors (Lipinski definition) is 5. The first kappa shape index (κ1) is 18.2. The van der Waals surface area contributed by atoms with Gasteiger partial charge < -0.3 is 4.90 Å². The predicted octanol–water partition coefficient (Wildman–Crippen LogP) is 1.13. The number of carbonyl (C=O) groups is 1. The monoisotopic (exact) mass is 388 g/mol. The summed E-state index contributed by atoms with van der Waals surface area (Å²) in [5, 5.41) is 4.28. The van der Waals surface area contributed by atoms with Gasteiger partial charge in [0.25, 0.3) is 5.91 Å². The van der Waals surface area contributed by atoms with Crippen molar-refractivity contribution in [1.29, 1.82) is 0 Å². The number of nitrogens with zero attached hydrogens (tertiary/aromatic N) is 4. The smallest absolute Gasteiger partial charge is 0.253 e. The van der Waals surface area contributed by atoms with E-state index >= 15 is 0 Å². The summed E-state index contributed by atoms with van der Waals surface area (Å²) in [7, 11) is -2.87. The third kappa shape index (κ3) is 3.77. The molecule has 2 aliphatic rings. The second-order valence-corrected chi connectivity index (χ2v) is 9.55. The van der Waals surface area contributed by atoms with E-state index in [0.717, 1.165) is 24.5 Å². The van der Waals surface area contributed by atoms with Crippen LogP contribution in [0.25, 0.3) is 5.69 Å². The van der Waals surface area contributed by atoms with Crippen LogP contribution >= 0.6 is 0 Å². The van der Waals surface area contributed by atoms with E-state index in [9.17, 15) is 13.2 Å². The standard InChI is InChI=1S/C19H24N4O3S/c1-15-6-8-20-23(15)17-4-2-16(3-5-17)19(24)22-11-9-21(10-12-22)18-7-13-27(25,26)14-18/h2-6,8,18H,7,9-14H2,1H3/t18-/m0/s1. The fourth-order valence-electron chi connectivity index (χ4n) is 3.92. The van der Waals surface area contributed by atoms with E-state index in [1.54, 1.807) is 6.20 Å². The van der Waals surface area contributed by atoms with Crippen molar-refractivity contribution >= 4 is 15.7 Å². The summed E-state index contributed by atoms with van der Waals surface area (Å²) in [4.78, 5) is 16.9. The molecule has 2 aliphatic heterocycles. The minimum Gasteiger partial charge on any atom is -0.336 e. The summed E-state index contributed by atoms with van der Waals surface area (Å²) >= 11 is 0. The molecule has 4 rings (SSSR count). The van der Waals surface area contributed by atoms with Crippen molar-refractivity contribution in [1.82, 2.24) is 19.6 Å². The quantitative estimate of drug-likeness (QED) is 0.788. The number of hydrogen-bond donors (Lipinski definition) is 0. The highest BCUT2D eigenvalue weighted by Gasteiger charge is 2.34. The lowest BCUT2D eigenvalue weighted by atomic mass is 10.1. The Morgan fingerprint density at radius 3 is 2.33 bits per heavy atom. The van der Waals surface area contributed by atoms with Crippen molar-refractivity contribution < 1.29 is 13.2 Å². The maximum Gasteiger partial charge on any atom is 0.253 e. The highest BCUT2D eigenvalue weighted by molar-refractivity contribution is 7.91. The van der Waals surface area contributed by atoms with Gasteiger partial charge in [0.2, 0.25) is 0 Å². The number of amides is 1. The summed E-state index contributed by atoms with van der Waals surface area (Å²) < 4.78 is 25.2. The molecule has 0 aliphatic carbocycles. The minimum atomic E-state index is -2.87. The van der Waals surface area contributed by atoms with E-state index < -0.39 is 9.84 Å². The minimum absolute atomic E-state index is 0.0254. The average Bonchev–Trinajstić information content (AvgIpc) is 3.26. The Morgan fingerprint density at radius 2 is 1.78 bits per heavy atom. The van der Waals surface area contributed by atoms with Gasteiger partial charge in [0, 0.05) is 49.7 Å². The third-order valence-electron chi connectivity index (χ3n) is 5.52. The van der Waals surface area contributed by atoms with Gasteiger partial charge in [0.15, 0.2) is 9.84 Å². The van der Waals surface area contributed by atoms with Crippen LogP contribution in [0.1, 0.15) is 22.5 Å². The van der Waals surface area contributed by atoms with E-state index in [1.807, 2.05) is 46.8 Å². The van der Waals surface area contributed by atoms with Crippen molar-refractivity contribution in [3.63, 3.8) is 0 Å². The van der Waals surface area contributed by atoms with E-state index in [1.165, 1.54) is 0 Å². The molecule has 8 heteroatoms. The molecule has 1 amide bonds. The summed E-state index contributed by atoms with van der Waals surface area (Å²) in [5.41, 5.74) is 2.64. The Kier molecular flexibility index (Phi) is 4.77. The number of rotatable bonds is 3. The van der Waals surface area contributed by atoms with E-state index in [4.69, 9.17) is 0 Å². The van der Waals surface area contributed by atoms with Gasteiger partial charge in [-0.1, -0.05) is 0 Å². The lowest BCUT2D eigenvalue weighted by Crippen LogP contribution is -2.52. The lowest BCUT2D eigenvalue weighted by molar-refractivity contribution is 0.0588. The van der Waals surface area contributed by atoms with Gasteiger partial charge in [0.05, 0.1) is 17.2 Å². The molecule has 0 N–H and O–H groups in total. The molecule has 2 fully saturated rings. The number of benzene rings is 1. The first-order chi connectivity index (χ1) is 12.9. The summed E-state index contributed by atoms with van der Waals surface area (Å²) in [6.07, 6.45) is 2.47. The Bertz CT molecular complexity index is 928. The molecular weight excluding hydrogens is 364 g/mol. The molecule has 0 saturated carbocycles. The van der Waals surface area contributed by atoms with Gasteiger partial charge in [-0.15, -0.1) is 0 Å². The van der Waals surface area contributed by atoms with Gasteiger partial charge in [-0.25, -0.2) is 13.1 Å². The second-order valence-electron chi connectivity index (χ2n) is 7.32. The number of aryl methyl sites for hydroxylation is 1. The van der Waals surface area contributed by atoms with Crippen LogP contribution in [-0.4, -0.2) is 77.6 Å². The Balaban J connectivity index is 1.37. The first-order valence-corrected chi connectivity index (χ1v) is 11.1. The number of carbonyl (C=O) groups excluding carboxylic acids is 1. The van der Waals surface area contributed by atoms with Gasteiger partial charge in [-0.2, -0.15) is 5.10 Å². The molecular formula is C19H24N4O3S.